The van der Waals surface area contributed by atoms with E-state index in [4.69, 9.17) is 4.74 Å². The zero-order valence-corrected chi connectivity index (χ0v) is 12.8. The van der Waals surface area contributed by atoms with E-state index in [2.05, 4.69) is 10.6 Å². The molecule has 0 saturated carbocycles. The molecule has 2 saturated heterocycles. The number of carbonyl (C=O) groups is 3. The van der Waals surface area contributed by atoms with Gasteiger partial charge in [-0.05, 0) is 18.4 Å². The first-order valence-corrected chi connectivity index (χ1v) is 7.92. The Labute approximate surface area is 134 Å². The Balaban J connectivity index is 1.42. The Bertz CT molecular complexity index is 602. The Hall–Kier alpha value is -2.21. The first-order valence-electron chi connectivity index (χ1n) is 7.92. The van der Waals surface area contributed by atoms with Crippen molar-refractivity contribution in [3.8, 4) is 0 Å². The monoisotopic (exact) mass is 316 g/mol. The van der Waals surface area contributed by atoms with Gasteiger partial charge in [0, 0.05) is 19.4 Å². The molecule has 3 amide bonds. The number of imide groups is 1. The molecule has 1 aromatic rings. The Morgan fingerprint density at radius 2 is 2.00 bits per heavy atom. The van der Waals surface area contributed by atoms with Gasteiger partial charge in [0.1, 0.15) is 0 Å². The second kappa shape index (κ2) is 6.91. The fraction of sp³-hybridized carbons (Fsp3) is 0.471. The zero-order valence-electron chi connectivity index (χ0n) is 12.8. The number of hydrogen-bond acceptors (Lipinski definition) is 4. The summed E-state index contributed by atoms with van der Waals surface area (Å²) in [5.74, 6) is -1.42. The van der Waals surface area contributed by atoms with Crippen molar-refractivity contribution in [1.82, 2.24) is 10.6 Å². The number of nitrogens with one attached hydrogen (secondary N) is 2. The highest BCUT2D eigenvalue weighted by Gasteiger charge is 2.32. The lowest BCUT2D eigenvalue weighted by atomic mass is 10.0. The Morgan fingerprint density at radius 1 is 1.22 bits per heavy atom. The third kappa shape index (κ3) is 3.96. The van der Waals surface area contributed by atoms with E-state index in [0.29, 0.717) is 6.54 Å². The van der Waals surface area contributed by atoms with Gasteiger partial charge in [0.05, 0.1) is 18.1 Å². The summed E-state index contributed by atoms with van der Waals surface area (Å²) in [5, 5.41) is 5.01. The van der Waals surface area contributed by atoms with E-state index < -0.39 is 5.92 Å². The van der Waals surface area contributed by atoms with E-state index in [9.17, 15) is 14.4 Å². The predicted octanol–water partition coefficient (Wildman–Crippen LogP) is 1.08. The lowest BCUT2D eigenvalue weighted by Gasteiger charge is -2.15. The van der Waals surface area contributed by atoms with Gasteiger partial charge < -0.3 is 10.1 Å². The van der Waals surface area contributed by atoms with Gasteiger partial charge in [-0.3, -0.25) is 19.7 Å². The summed E-state index contributed by atoms with van der Waals surface area (Å²) in [6.07, 6.45) is 2.04. The molecule has 1 aromatic carbocycles. The van der Waals surface area contributed by atoms with Crippen molar-refractivity contribution in [2.45, 2.75) is 37.9 Å². The number of rotatable bonds is 5. The number of ether oxygens (including phenoxy) is 1. The van der Waals surface area contributed by atoms with Crippen molar-refractivity contribution in [3.63, 3.8) is 0 Å². The van der Waals surface area contributed by atoms with Gasteiger partial charge in [-0.1, -0.05) is 30.3 Å². The van der Waals surface area contributed by atoms with Gasteiger partial charge in [0.2, 0.25) is 17.7 Å². The van der Waals surface area contributed by atoms with Crippen molar-refractivity contribution in [2.75, 3.05) is 6.54 Å². The van der Waals surface area contributed by atoms with Crippen molar-refractivity contribution >= 4 is 17.7 Å². The van der Waals surface area contributed by atoms with Gasteiger partial charge in [-0.15, -0.1) is 0 Å². The van der Waals surface area contributed by atoms with Gasteiger partial charge >= 0.3 is 0 Å². The highest BCUT2D eigenvalue weighted by molar-refractivity contribution is 6.04. The molecule has 0 aliphatic carbocycles. The maximum atomic E-state index is 11.9. The molecule has 23 heavy (non-hydrogen) atoms. The summed E-state index contributed by atoms with van der Waals surface area (Å²) in [5.41, 5.74) is 1.16. The number of amides is 3. The maximum absolute atomic E-state index is 11.9. The minimum atomic E-state index is -0.538. The average Bonchev–Trinajstić information content (AvgIpc) is 3.13. The van der Waals surface area contributed by atoms with Gasteiger partial charge in [-0.2, -0.15) is 0 Å². The first-order chi connectivity index (χ1) is 11.1. The molecule has 122 valence electrons. The van der Waals surface area contributed by atoms with E-state index in [-0.39, 0.29) is 42.8 Å². The van der Waals surface area contributed by atoms with Crippen LogP contribution in [0.5, 0.6) is 0 Å². The molecule has 2 N–H and O–H groups in total. The minimum Gasteiger partial charge on any atom is -0.368 e. The summed E-state index contributed by atoms with van der Waals surface area (Å²) >= 11 is 0. The standard InChI is InChI=1S/C17H20N2O4/c20-15(8-12-9-16(21)19-17(12)22)18-10-13-6-7-14(23-13)11-4-2-1-3-5-11/h1-5,12-14H,6-10H2,(H,18,20)(H,19,21,22)/t12?,13-,14-/m1/s1. The highest BCUT2D eigenvalue weighted by Crippen LogP contribution is 2.32. The lowest BCUT2D eigenvalue weighted by molar-refractivity contribution is -0.129. The van der Waals surface area contributed by atoms with E-state index in [1.165, 1.54) is 0 Å². The maximum Gasteiger partial charge on any atom is 0.230 e. The lowest BCUT2D eigenvalue weighted by Crippen LogP contribution is -2.34. The third-order valence-electron chi connectivity index (χ3n) is 4.30. The Morgan fingerprint density at radius 3 is 2.70 bits per heavy atom. The molecule has 1 unspecified atom stereocenters. The molecule has 2 aliphatic rings. The molecule has 3 rings (SSSR count). The van der Waals surface area contributed by atoms with E-state index in [1.807, 2.05) is 30.3 Å². The summed E-state index contributed by atoms with van der Waals surface area (Å²) in [4.78, 5) is 34.4. The molecule has 0 aromatic heterocycles. The van der Waals surface area contributed by atoms with Gasteiger partial charge in [0.15, 0.2) is 0 Å². The van der Waals surface area contributed by atoms with Crippen molar-refractivity contribution < 1.29 is 19.1 Å². The van der Waals surface area contributed by atoms with Crippen molar-refractivity contribution in [3.05, 3.63) is 35.9 Å². The van der Waals surface area contributed by atoms with Crippen LogP contribution in [-0.2, 0) is 19.1 Å². The second-order valence-corrected chi connectivity index (χ2v) is 6.06. The Kier molecular flexibility index (Phi) is 4.71. The molecule has 2 fully saturated rings. The van der Waals surface area contributed by atoms with Crippen molar-refractivity contribution in [2.24, 2.45) is 5.92 Å². The van der Waals surface area contributed by atoms with Gasteiger partial charge in [0.25, 0.3) is 0 Å². The average molecular weight is 316 g/mol. The van der Waals surface area contributed by atoms with Crippen LogP contribution in [0.4, 0.5) is 0 Å². The van der Waals surface area contributed by atoms with Crippen LogP contribution in [0, 0.1) is 5.92 Å². The molecular weight excluding hydrogens is 296 g/mol. The van der Waals surface area contributed by atoms with Crippen LogP contribution < -0.4 is 10.6 Å². The number of carbonyl (C=O) groups excluding carboxylic acids is 3. The SMILES string of the molecule is O=C(CC1CC(=O)NC1=O)NC[C@H]1CC[C@H](c2ccccc2)O1. The summed E-state index contributed by atoms with van der Waals surface area (Å²) in [6.45, 7) is 0.435. The fourth-order valence-corrected chi connectivity index (χ4v) is 3.06. The molecular formula is C17H20N2O4. The zero-order chi connectivity index (χ0) is 16.2. The molecule has 6 nitrogen and oxygen atoms in total. The molecule has 2 aliphatic heterocycles. The quantitative estimate of drug-likeness (QED) is 0.796. The number of hydrogen-bond donors (Lipinski definition) is 2. The largest absolute Gasteiger partial charge is 0.368 e. The van der Waals surface area contributed by atoms with E-state index >= 15 is 0 Å². The molecule has 0 radical (unpaired) electrons. The molecule has 3 atom stereocenters. The van der Waals surface area contributed by atoms with E-state index in [0.717, 1.165) is 18.4 Å². The van der Waals surface area contributed by atoms with Crippen molar-refractivity contribution in [1.29, 1.82) is 0 Å². The smallest absolute Gasteiger partial charge is 0.230 e. The van der Waals surface area contributed by atoms with Crippen LogP contribution in [0.25, 0.3) is 0 Å². The topological polar surface area (TPSA) is 84.5 Å². The van der Waals surface area contributed by atoms with Crippen LogP contribution in [0.2, 0.25) is 0 Å². The van der Waals surface area contributed by atoms with Crippen LogP contribution >= 0.6 is 0 Å². The molecule has 6 heteroatoms. The van der Waals surface area contributed by atoms with Crippen LogP contribution in [-0.4, -0.2) is 30.4 Å². The predicted molar refractivity (Wildman–Crippen MR) is 82.2 cm³/mol. The van der Waals surface area contributed by atoms with Crippen LogP contribution in [0.3, 0.4) is 0 Å². The summed E-state index contributed by atoms with van der Waals surface area (Å²) in [6, 6.07) is 10.0. The van der Waals surface area contributed by atoms with E-state index in [1.54, 1.807) is 0 Å². The second-order valence-electron chi connectivity index (χ2n) is 6.06. The number of benzene rings is 1. The third-order valence-corrected chi connectivity index (χ3v) is 4.30. The highest BCUT2D eigenvalue weighted by atomic mass is 16.5. The minimum absolute atomic E-state index is 0.0109. The molecule has 2 heterocycles. The van der Waals surface area contributed by atoms with Crippen LogP contribution in [0.15, 0.2) is 30.3 Å². The summed E-state index contributed by atoms with van der Waals surface area (Å²) < 4.78 is 5.96. The first kappa shape index (κ1) is 15.7. The molecule has 0 spiro atoms. The molecule has 0 bridgehead atoms. The summed E-state index contributed by atoms with van der Waals surface area (Å²) in [7, 11) is 0. The normalized spacial score (nSPS) is 27.0. The van der Waals surface area contributed by atoms with Crippen LogP contribution in [0.1, 0.15) is 37.4 Å². The van der Waals surface area contributed by atoms with Gasteiger partial charge in [-0.25, -0.2) is 0 Å². The fourth-order valence-electron chi connectivity index (χ4n) is 3.06.